The molecular weight excluding hydrogens is 452 g/mol. The topological polar surface area (TPSA) is 73.4 Å². The lowest BCUT2D eigenvalue weighted by molar-refractivity contribution is -0.144. The highest BCUT2D eigenvalue weighted by Gasteiger charge is 2.35. The lowest BCUT2D eigenvalue weighted by Gasteiger charge is -2.27. The summed E-state index contributed by atoms with van der Waals surface area (Å²) in [5, 5.41) is 7.74. The monoisotopic (exact) mass is 475 g/mol. The van der Waals surface area contributed by atoms with Crippen LogP contribution in [-0.2, 0) is 4.79 Å². The van der Waals surface area contributed by atoms with Gasteiger partial charge in [0.2, 0.25) is 0 Å². The van der Waals surface area contributed by atoms with E-state index in [-0.39, 0.29) is 0 Å². The van der Waals surface area contributed by atoms with E-state index in [1.54, 1.807) is 25.4 Å². The van der Waals surface area contributed by atoms with E-state index in [2.05, 4.69) is 15.4 Å². The van der Waals surface area contributed by atoms with Crippen LogP contribution >= 0.6 is 0 Å². The Hall–Kier alpha value is -4.27. The first-order valence-electron chi connectivity index (χ1n) is 11.1. The third-order valence-corrected chi connectivity index (χ3v) is 5.76. The van der Waals surface area contributed by atoms with Crippen molar-refractivity contribution in [2.45, 2.75) is 31.9 Å². The molecule has 0 fully saturated rings. The molecule has 35 heavy (non-hydrogen) atoms. The fourth-order valence-electron chi connectivity index (χ4n) is 3.98. The van der Waals surface area contributed by atoms with Crippen LogP contribution in [0.2, 0.25) is 0 Å². The Morgan fingerprint density at radius 3 is 2.69 bits per heavy atom. The van der Waals surface area contributed by atoms with Gasteiger partial charge < -0.3 is 14.5 Å². The van der Waals surface area contributed by atoms with E-state index in [4.69, 9.17) is 4.74 Å². The third-order valence-electron chi connectivity index (χ3n) is 5.76. The summed E-state index contributed by atoms with van der Waals surface area (Å²) in [6.07, 6.45) is 6.60. The normalized spacial score (nSPS) is 13.6. The molecule has 0 radical (unpaired) electrons. The summed E-state index contributed by atoms with van der Waals surface area (Å²) in [5.74, 6) is -4.30. The van der Waals surface area contributed by atoms with E-state index in [0.29, 0.717) is 12.7 Å². The van der Waals surface area contributed by atoms with Crippen molar-refractivity contribution in [3.05, 3.63) is 91.0 Å². The highest BCUT2D eigenvalue weighted by molar-refractivity contribution is 5.83. The van der Waals surface area contributed by atoms with E-state index < -0.39 is 24.0 Å². The molecule has 2 aromatic carbocycles. The number of aromatic nitrogens is 4. The summed E-state index contributed by atoms with van der Waals surface area (Å²) in [6.45, 7) is 2.22. The number of nitrogens with one attached hydrogen (secondary N) is 1. The number of hydrogen-bond acceptors (Lipinski definition) is 4. The maximum absolute atomic E-state index is 13.5. The van der Waals surface area contributed by atoms with Crippen molar-refractivity contribution in [1.29, 1.82) is 0 Å². The van der Waals surface area contributed by atoms with Crippen molar-refractivity contribution in [1.82, 2.24) is 24.5 Å². The number of halogens is 2. The maximum atomic E-state index is 13.5. The highest BCUT2D eigenvalue weighted by atomic mass is 19.3. The summed E-state index contributed by atoms with van der Waals surface area (Å²) < 4.78 is 36.9. The minimum absolute atomic E-state index is 0.528. The van der Waals surface area contributed by atoms with Crippen molar-refractivity contribution in [2.75, 3.05) is 0 Å². The molecule has 0 saturated carbocycles. The van der Waals surface area contributed by atoms with Crippen LogP contribution in [-0.4, -0.2) is 37.0 Å². The van der Waals surface area contributed by atoms with Gasteiger partial charge in [-0.25, -0.2) is 9.67 Å². The van der Waals surface area contributed by atoms with Crippen LogP contribution in [0.5, 0.6) is 5.75 Å². The van der Waals surface area contributed by atoms with Gasteiger partial charge in [0.15, 0.2) is 0 Å². The van der Waals surface area contributed by atoms with Gasteiger partial charge in [0.1, 0.15) is 17.5 Å². The first-order chi connectivity index (χ1) is 16.8. The SMILES string of the molecule is C[C@H](NC(=O)C(C)(F)F)[C@H](Oc1ccc2c(cnn2-c2ccc3nccn3c2)c1)c1ccccc1. The van der Waals surface area contributed by atoms with Gasteiger partial charge in [0.25, 0.3) is 5.91 Å². The van der Waals surface area contributed by atoms with E-state index in [9.17, 15) is 13.6 Å². The third kappa shape index (κ3) is 4.57. The fraction of sp³-hybridized carbons (Fsp3) is 0.192. The van der Waals surface area contributed by atoms with Crippen LogP contribution in [0, 0.1) is 0 Å². The molecule has 0 unspecified atom stereocenters. The van der Waals surface area contributed by atoms with Gasteiger partial charge >= 0.3 is 5.92 Å². The molecule has 0 aliphatic carbocycles. The van der Waals surface area contributed by atoms with Crippen LogP contribution < -0.4 is 10.1 Å². The number of benzene rings is 2. The molecule has 1 amide bonds. The summed E-state index contributed by atoms with van der Waals surface area (Å²) in [6, 6.07) is 17.9. The predicted molar refractivity (Wildman–Crippen MR) is 128 cm³/mol. The van der Waals surface area contributed by atoms with Crippen molar-refractivity contribution in [2.24, 2.45) is 0 Å². The van der Waals surface area contributed by atoms with Gasteiger partial charge in [-0.3, -0.25) is 4.79 Å². The Labute approximate surface area is 200 Å². The van der Waals surface area contributed by atoms with E-state index in [0.717, 1.165) is 27.8 Å². The average molecular weight is 475 g/mol. The van der Waals surface area contributed by atoms with Crippen LogP contribution in [0.25, 0.3) is 22.2 Å². The van der Waals surface area contributed by atoms with Crippen LogP contribution in [0.15, 0.2) is 85.5 Å². The van der Waals surface area contributed by atoms with Crippen LogP contribution in [0.4, 0.5) is 8.78 Å². The second-order valence-electron chi connectivity index (χ2n) is 8.46. The molecule has 0 aliphatic rings. The zero-order chi connectivity index (χ0) is 24.6. The number of nitrogens with zero attached hydrogens (tertiary/aromatic N) is 4. The summed E-state index contributed by atoms with van der Waals surface area (Å²) >= 11 is 0. The number of fused-ring (bicyclic) bond motifs is 2. The molecule has 3 heterocycles. The van der Waals surface area contributed by atoms with E-state index in [1.165, 1.54) is 0 Å². The van der Waals surface area contributed by atoms with Crippen LogP contribution in [0.3, 0.4) is 0 Å². The number of imidazole rings is 1. The minimum Gasteiger partial charge on any atom is -0.484 e. The van der Waals surface area contributed by atoms with Crippen molar-refractivity contribution in [3.63, 3.8) is 0 Å². The number of carbonyl (C=O) groups is 1. The highest BCUT2D eigenvalue weighted by Crippen LogP contribution is 2.29. The zero-order valence-corrected chi connectivity index (χ0v) is 19.1. The zero-order valence-electron chi connectivity index (χ0n) is 19.1. The molecule has 5 aromatic rings. The Balaban J connectivity index is 1.44. The molecule has 0 aliphatic heterocycles. The number of carbonyl (C=O) groups excluding carboxylic acids is 1. The lowest BCUT2D eigenvalue weighted by atomic mass is 10.0. The summed E-state index contributed by atoms with van der Waals surface area (Å²) in [4.78, 5) is 16.2. The van der Waals surface area contributed by atoms with Gasteiger partial charge in [0.05, 0.1) is 23.4 Å². The maximum Gasteiger partial charge on any atom is 0.321 e. The van der Waals surface area contributed by atoms with Crippen LogP contribution in [0.1, 0.15) is 25.5 Å². The molecule has 178 valence electrons. The Morgan fingerprint density at radius 2 is 1.91 bits per heavy atom. The molecule has 7 nitrogen and oxygen atoms in total. The van der Waals surface area contributed by atoms with Gasteiger partial charge in [-0.05, 0) is 42.8 Å². The number of ether oxygens (including phenoxy) is 1. The molecule has 0 spiro atoms. The smallest absolute Gasteiger partial charge is 0.321 e. The second kappa shape index (κ2) is 8.83. The first-order valence-corrected chi connectivity index (χ1v) is 11.1. The largest absolute Gasteiger partial charge is 0.484 e. The molecule has 3 aromatic heterocycles. The number of amides is 1. The van der Waals surface area contributed by atoms with Gasteiger partial charge in [-0.2, -0.15) is 13.9 Å². The van der Waals surface area contributed by atoms with Crippen molar-refractivity contribution >= 4 is 22.5 Å². The summed E-state index contributed by atoms with van der Waals surface area (Å²) in [5.41, 5.74) is 3.34. The second-order valence-corrected chi connectivity index (χ2v) is 8.46. The molecule has 9 heteroatoms. The fourth-order valence-corrected chi connectivity index (χ4v) is 3.98. The number of alkyl halides is 2. The van der Waals surface area contributed by atoms with Gasteiger partial charge in [-0.1, -0.05) is 30.3 Å². The molecule has 0 saturated heterocycles. The molecule has 5 rings (SSSR count). The van der Waals surface area contributed by atoms with Gasteiger partial charge in [-0.15, -0.1) is 0 Å². The standard InChI is InChI=1S/C26H23F2N5O2/c1-17(31-25(34)26(2,27)28)24(18-6-4-3-5-7-18)35-21-9-10-22-19(14-21)15-30-33(22)20-8-11-23-29-12-13-32(23)16-20/h3-17,24H,1-2H3,(H,31,34)/t17-,24-/m0/s1. The van der Waals surface area contributed by atoms with E-state index in [1.807, 2.05) is 76.1 Å². The number of hydrogen-bond donors (Lipinski definition) is 1. The molecule has 2 atom stereocenters. The average Bonchev–Trinajstić information content (AvgIpc) is 3.48. The quantitative estimate of drug-likeness (QED) is 0.361. The van der Waals surface area contributed by atoms with E-state index >= 15 is 0 Å². The Kier molecular flexibility index (Phi) is 5.68. The van der Waals surface area contributed by atoms with Gasteiger partial charge in [0, 0.05) is 30.9 Å². The molecule has 0 bridgehead atoms. The Morgan fingerprint density at radius 1 is 1.11 bits per heavy atom. The number of rotatable bonds is 7. The summed E-state index contributed by atoms with van der Waals surface area (Å²) in [7, 11) is 0. The lowest BCUT2D eigenvalue weighted by Crippen LogP contribution is -2.46. The van der Waals surface area contributed by atoms with Crippen molar-refractivity contribution < 1.29 is 18.3 Å². The first kappa shape index (κ1) is 22.5. The number of pyridine rings is 1. The predicted octanol–water partition coefficient (Wildman–Crippen LogP) is 4.95. The Bertz CT molecular complexity index is 1490. The molecule has 1 N–H and O–H groups in total. The van der Waals surface area contributed by atoms with Crippen molar-refractivity contribution in [3.8, 4) is 11.4 Å². The molecular formula is C26H23F2N5O2. The minimum atomic E-state index is -3.48.